The normalized spacial score (nSPS) is 11.8. The van der Waals surface area contributed by atoms with Crippen LogP contribution < -0.4 is 5.32 Å². The van der Waals surface area contributed by atoms with Gasteiger partial charge in [0.25, 0.3) is 0 Å². The second-order valence-electron chi connectivity index (χ2n) is 8.00. The van der Waals surface area contributed by atoms with E-state index in [-0.39, 0.29) is 24.5 Å². The fourth-order valence-electron chi connectivity index (χ4n) is 3.43. The molecular weight excluding hydrogens is 392 g/mol. The Morgan fingerprint density at radius 1 is 1.16 bits per heavy atom. The molecule has 0 aliphatic heterocycles. The molecule has 1 atom stereocenters. The van der Waals surface area contributed by atoms with Crippen molar-refractivity contribution in [1.82, 2.24) is 14.4 Å². The Balaban J connectivity index is 2.19. The fraction of sp³-hybridized carbons (Fsp3) is 0.500. The Kier molecular flexibility index (Phi) is 9.12. The Labute approximate surface area is 186 Å². The van der Waals surface area contributed by atoms with E-state index in [1.165, 1.54) is 0 Å². The van der Waals surface area contributed by atoms with E-state index in [2.05, 4.69) is 5.32 Å². The van der Waals surface area contributed by atoms with Gasteiger partial charge in [0, 0.05) is 44.3 Å². The lowest BCUT2D eigenvalue weighted by molar-refractivity contribution is -0.133. The maximum atomic E-state index is 13.2. The Morgan fingerprint density at radius 3 is 2.39 bits per heavy atom. The second-order valence-corrected chi connectivity index (χ2v) is 8.00. The molecule has 0 spiro atoms. The first-order valence-electron chi connectivity index (χ1n) is 10.8. The van der Waals surface area contributed by atoms with E-state index >= 15 is 0 Å². The average molecular weight is 429 g/mol. The highest BCUT2D eigenvalue weighted by atomic mass is 16.5. The number of benzene rings is 1. The summed E-state index contributed by atoms with van der Waals surface area (Å²) in [7, 11) is 3.58. The lowest BCUT2D eigenvalue weighted by Crippen LogP contribution is -2.48. The zero-order valence-corrected chi connectivity index (χ0v) is 19.6. The first-order valence-corrected chi connectivity index (χ1v) is 10.8. The maximum absolute atomic E-state index is 13.2. The number of nitrogens with zero attached hydrogens (tertiary/aromatic N) is 3. The van der Waals surface area contributed by atoms with Crippen LogP contribution in [0.3, 0.4) is 0 Å². The molecule has 7 nitrogen and oxygen atoms in total. The van der Waals surface area contributed by atoms with Crippen LogP contribution in [0.2, 0.25) is 0 Å². The molecule has 2 aromatic rings. The number of amides is 3. The number of hydrogen-bond donors (Lipinski definition) is 1. The van der Waals surface area contributed by atoms with E-state index in [0.717, 1.165) is 28.9 Å². The molecule has 0 saturated carbocycles. The van der Waals surface area contributed by atoms with Gasteiger partial charge in [-0.15, -0.1) is 0 Å². The van der Waals surface area contributed by atoms with Gasteiger partial charge in [-0.25, -0.2) is 4.79 Å². The number of urea groups is 1. The second kappa shape index (κ2) is 11.6. The summed E-state index contributed by atoms with van der Waals surface area (Å²) >= 11 is 0. The fourth-order valence-corrected chi connectivity index (χ4v) is 3.43. The molecule has 1 unspecified atom stereocenters. The lowest BCUT2D eigenvalue weighted by atomic mass is 10.1. The van der Waals surface area contributed by atoms with Crippen molar-refractivity contribution in [2.75, 3.05) is 32.1 Å². The number of carbonyl (C=O) groups is 2. The van der Waals surface area contributed by atoms with Crippen molar-refractivity contribution in [3.63, 3.8) is 0 Å². The van der Waals surface area contributed by atoms with Crippen LogP contribution in [0, 0.1) is 13.8 Å². The lowest BCUT2D eigenvalue weighted by Gasteiger charge is -2.31. The molecule has 170 valence electrons. The number of anilines is 1. The van der Waals surface area contributed by atoms with Crippen molar-refractivity contribution in [3.8, 4) is 0 Å². The highest BCUT2D eigenvalue weighted by molar-refractivity contribution is 5.93. The Morgan fingerprint density at radius 2 is 1.84 bits per heavy atom. The molecule has 0 fully saturated rings. The summed E-state index contributed by atoms with van der Waals surface area (Å²) in [6, 6.07) is 9.51. The zero-order valence-electron chi connectivity index (χ0n) is 19.6. The van der Waals surface area contributed by atoms with E-state index in [1.807, 2.05) is 75.8 Å². The van der Waals surface area contributed by atoms with Gasteiger partial charge in [0.15, 0.2) is 0 Å². The Hall–Kier alpha value is -2.80. The van der Waals surface area contributed by atoms with E-state index in [4.69, 9.17) is 4.74 Å². The molecule has 1 heterocycles. The summed E-state index contributed by atoms with van der Waals surface area (Å²) in [5.41, 5.74) is 3.82. The predicted octanol–water partition coefficient (Wildman–Crippen LogP) is 3.95. The van der Waals surface area contributed by atoms with Gasteiger partial charge in [0.05, 0.1) is 13.2 Å². The highest BCUT2D eigenvalue weighted by Crippen LogP contribution is 2.20. The topological polar surface area (TPSA) is 66.8 Å². The van der Waals surface area contributed by atoms with Crippen molar-refractivity contribution >= 4 is 17.6 Å². The molecule has 7 heteroatoms. The number of rotatable bonds is 10. The third kappa shape index (κ3) is 6.59. The van der Waals surface area contributed by atoms with Crippen molar-refractivity contribution in [2.24, 2.45) is 7.05 Å². The average Bonchev–Trinajstić information content (AvgIpc) is 3.15. The number of aryl methyl sites for hydroxylation is 3. The standard InChI is InChI=1S/C24H36N4O3/c1-7-20(4)28(24(30)25-23-18(2)10-8-11-19(23)3)17-22(29)27(14-15-31-6)16-21-12-9-13-26(21)5/h8-13,20H,7,14-17H2,1-6H3,(H,25,30). The predicted molar refractivity (Wildman–Crippen MR) is 124 cm³/mol. The molecule has 1 N–H and O–H groups in total. The molecule has 0 radical (unpaired) electrons. The number of ether oxygens (including phenoxy) is 1. The first kappa shape index (κ1) is 24.5. The van der Waals surface area contributed by atoms with Crippen LogP contribution >= 0.6 is 0 Å². The molecule has 0 aliphatic rings. The van der Waals surface area contributed by atoms with Crippen LogP contribution in [-0.2, 0) is 23.1 Å². The quantitative estimate of drug-likeness (QED) is 0.623. The van der Waals surface area contributed by atoms with Crippen LogP contribution in [0.5, 0.6) is 0 Å². The summed E-state index contributed by atoms with van der Waals surface area (Å²) in [5.74, 6) is -0.102. The molecule has 1 aromatic carbocycles. The van der Waals surface area contributed by atoms with Gasteiger partial charge in [-0.3, -0.25) is 4.79 Å². The van der Waals surface area contributed by atoms with Crippen LogP contribution in [0.15, 0.2) is 36.5 Å². The summed E-state index contributed by atoms with van der Waals surface area (Å²) in [6.45, 7) is 9.30. The van der Waals surface area contributed by atoms with E-state index < -0.39 is 0 Å². The number of carbonyl (C=O) groups excluding carboxylic acids is 2. The summed E-state index contributed by atoms with van der Waals surface area (Å²) < 4.78 is 7.20. The molecular formula is C24H36N4O3. The van der Waals surface area contributed by atoms with Gasteiger partial charge >= 0.3 is 6.03 Å². The third-order valence-electron chi connectivity index (χ3n) is 5.72. The highest BCUT2D eigenvalue weighted by Gasteiger charge is 2.26. The number of aromatic nitrogens is 1. The van der Waals surface area contributed by atoms with Gasteiger partial charge in [-0.05, 0) is 50.5 Å². The van der Waals surface area contributed by atoms with E-state index in [1.54, 1.807) is 16.9 Å². The van der Waals surface area contributed by atoms with E-state index in [9.17, 15) is 9.59 Å². The van der Waals surface area contributed by atoms with Crippen LogP contribution in [0.25, 0.3) is 0 Å². The van der Waals surface area contributed by atoms with Crippen molar-refractivity contribution in [3.05, 3.63) is 53.3 Å². The number of methoxy groups -OCH3 is 1. The Bertz CT molecular complexity index is 857. The van der Waals surface area contributed by atoms with Crippen molar-refractivity contribution in [2.45, 2.75) is 46.7 Å². The van der Waals surface area contributed by atoms with Gasteiger partial charge in [-0.1, -0.05) is 25.1 Å². The van der Waals surface area contributed by atoms with Gasteiger partial charge < -0.3 is 24.4 Å². The zero-order chi connectivity index (χ0) is 23.0. The summed E-state index contributed by atoms with van der Waals surface area (Å²) in [4.78, 5) is 29.8. The molecule has 0 aliphatic carbocycles. The van der Waals surface area contributed by atoms with Crippen LogP contribution in [-0.4, -0.2) is 59.2 Å². The van der Waals surface area contributed by atoms with Gasteiger partial charge in [0.1, 0.15) is 6.54 Å². The van der Waals surface area contributed by atoms with Gasteiger partial charge in [-0.2, -0.15) is 0 Å². The minimum atomic E-state index is -0.259. The molecule has 3 amide bonds. The number of para-hydroxylation sites is 1. The molecule has 31 heavy (non-hydrogen) atoms. The molecule has 1 aromatic heterocycles. The largest absolute Gasteiger partial charge is 0.383 e. The van der Waals surface area contributed by atoms with Crippen molar-refractivity contribution < 1.29 is 14.3 Å². The summed E-state index contributed by atoms with van der Waals surface area (Å²) in [5, 5.41) is 3.02. The summed E-state index contributed by atoms with van der Waals surface area (Å²) in [6.07, 6.45) is 2.71. The smallest absolute Gasteiger partial charge is 0.322 e. The number of nitrogens with one attached hydrogen (secondary N) is 1. The van der Waals surface area contributed by atoms with Gasteiger partial charge in [0.2, 0.25) is 5.91 Å². The van der Waals surface area contributed by atoms with Crippen molar-refractivity contribution in [1.29, 1.82) is 0 Å². The number of hydrogen-bond acceptors (Lipinski definition) is 3. The SMILES string of the molecule is CCC(C)N(CC(=O)N(CCOC)Cc1cccn1C)C(=O)Nc1c(C)cccc1C. The first-order chi connectivity index (χ1) is 14.8. The van der Waals surface area contributed by atoms with Crippen LogP contribution in [0.4, 0.5) is 10.5 Å². The molecule has 2 rings (SSSR count). The minimum Gasteiger partial charge on any atom is -0.383 e. The maximum Gasteiger partial charge on any atom is 0.322 e. The van der Waals surface area contributed by atoms with Crippen LogP contribution in [0.1, 0.15) is 37.1 Å². The molecule has 0 bridgehead atoms. The minimum absolute atomic E-state index is 0.0138. The third-order valence-corrected chi connectivity index (χ3v) is 5.72. The van der Waals surface area contributed by atoms with E-state index in [0.29, 0.717) is 19.7 Å². The monoisotopic (exact) mass is 428 g/mol. The molecule has 0 saturated heterocycles.